The van der Waals surface area contributed by atoms with Crippen LogP contribution < -0.4 is 0 Å². The van der Waals surface area contributed by atoms with Crippen molar-refractivity contribution in [3.8, 4) is 0 Å². The highest BCUT2D eigenvalue weighted by atomic mass is 35.5. The minimum absolute atomic E-state index is 0.307. The molecule has 2 nitrogen and oxygen atoms in total. The van der Waals surface area contributed by atoms with Gasteiger partial charge in [-0.3, -0.25) is 0 Å². The lowest BCUT2D eigenvalue weighted by molar-refractivity contribution is 0.195. The molecule has 0 radical (unpaired) electrons. The minimum Gasteiger partial charge on any atom is -0.393 e. The maximum absolute atomic E-state index is 9.32. The summed E-state index contributed by atoms with van der Waals surface area (Å²) in [6.07, 6.45) is 2.27. The minimum atomic E-state index is -0.307. The van der Waals surface area contributed by atoms with Crippen LogP contribution >= 0.6 is 11.6 Å². The van der Waals surface area contributed by atoms with Gasteiger partial charge in [-0.05, 0) is 25.0 Å². The Hall–Kier alpha value is -0.990. The Morgan fingerprint density at radius 3 is 2.87 bits per heavy atom. The van der Waals surface area contributed by atoms with E-state index in [1.54, 1.807) is 6.92 Å². The molecule has 0 amide bonds. The van der Waals surface area contributed by atoms with Crippen molar-refractivity contribution >= 4 is 22.5 Å². The van der Waals surface area contributed by atoms with E-state index in [9.17, 15) is 5.11 Å². The lowest BCUT2D eigenvalue weighted by Crippen LogP contribution is -2.03. The average molecular weight is 224 g/mol. The van der Waals surface area contributed by atoms with E-state index in [4.69, 9.17) is 11.6 Å². The third kappa shape index (κ3) is 2.01. The number of hydrogen-bond acceptors (Lipinski definition) is 1. The van der Waals surface area contributed by atoms with Crippen molar-refractivity contribution in [2.45, 2.75) is 19.4 Å². The number of rotatable bonds is 2. The van der Waals surface area contributed by atoms with Gasteiger partial charge in [0.1, 0.15) is 0 Å². The van der Waals surface area contributed by atoms with Gasteiger partial charge in [-0.15, -0.1) is 0 Å². The number of aryl methyl sites for hydroxylation is 1. The summed E-state index contributed by atoms with van der Waals surface area (Å²) in [4.78, 5) is 0. The second-order valence-corrected chi connectivity index (χ2v) is 4.40. The number of hydrogen-bond donors (Lipinski definition) is 1. The number of halogens is 1. The van der Waals surface area contributed by atoms with Crippen LogP contribution in [0.5, 0.6) is 0 Å². The molecule has 0 saturated carbocycles. The lowest BCUT2D eigenvalue weighted by Gasteiger charge is -2.05. The fourth-order valence-electron chi connectivity index (χ4n) is 1.85. The van der Waals surface area contributed by atoms with E-state index in [-0.39, 0.29) is 6.10 Å². The molecule has 2 aromatic rings. The van der Waals surface area contributed by atoms with Crippen LogP contribution in [0.25, 0.3) is 10.9 Å². The molecule has 1 unspecified atom stereocenters. The molecule has 0 aliphatic carbocycles. The van der Waals surface area contributed by atoms with Gasteiger partial charge in [-0.25, -0.2) is 0 Å². The predicted octanol–water partition coefficient (Wildman–Crippen LogP) is 2.76. The monoisotopic (exact) mass is 223 g/mol. The molecule has 0 spiro atoms. The Bertz CT molecular complexity index is 488. The molecule has 80 valence electrons. The third-order valence-electron chi connectivity index (χ3n) is 2.54. The quantitative estimate of drug-likeness (QED) is 0.832. The van der Waals surface area contributed by atoms with E-state index in [2.05, 4.69) is 6.07 Å². The van der Waals surface area contributed by atoms with Gasteiger partial charge in [0.05, 0.1) is 11.1 Å². The predicted molar refractivity (Wildman–Crippen MR) is 63.3 cm³/mol. The largest absolute Gasteiger partial charge is 0.393 e. The van der Waals surface area contributed by atoms with Crippen molar-refractivity contribution < 1.29 is 5.11 Å². The Kier molecular flexibility index (Phi) is 2.72. The summed E-state index contributed by atoms with van der Waals surface area (Å²) >= 11 is 6.07. The number of aromatic nitrogens is 1. The summed E-state index contributed by atoms with van der Waals surface area (Å²) in [7, 11) is 1.97. The van der Waals surface area contributed by atoms with E-state index in [1.807, 2.05) is 29.9 Å². The first-order valence-electron chi connectivity index (χ1n) is 4.99. The fraction of sp³-hybridized carbons (Fsp3) is 0.333. The van der Waals surface area contributed by atoms with Crippen LogP contribution in [0.2, 0.25) is 5.02 Å². The highest BCUT2D eigenvalue weighted by Gasteiger charge is 2.06. The highest BCUT2D eigenvalue weighted by molar-refractivity contribution is 6.35. The van der Waals surface area contributed by atoms with Crippen LogP contribution in [-0.4, -0.2) is 15.8 Å². The van der Waals surface area contributed by atoms with Gasteiger partial charge in [0.15, 0.2) is 0 Å². The Morgan fingerprint density at radius 1 is 1.47 bits per heavy atom. The summed E-state index contributed by atoms with van der Waals surface area (Å²) < 4.78 is 2.00. The first-order valence-corrected chi connectivity index (χ1v) is 5.37. The molecule has 0 saturated heterocycles. The molecule has 1 aromatic heterocycles. The molecule has 15 heavy (non-hydrogen) atoms. The maximum Gasteiger partial charge on any atom is 0.0661 e. The van der Waals surface area contributed by atoms with Crippen molar-refractivity contribution in [1.82, 2.24) is 4.57 Å². The Labute approximate surface area is 94.1 Å². The van der Waals surface area contributed by atoms with Crippen molar-refractivity contribution in [2.75, 3.05) is 0 Å². The molecule has 0 aliphatic rings. The van der Waals surface area contributed by atoms with E-state index in [0.717, 1.165) is 21.5 Å². The molecule has 0 fully saturated rings. The molecule has 2 rings (SSSR count). The number of aliphatic hydroxyl groups excluding tert-OH is 1. The van der Waals surface area contributed by atoms with Crippen LogP contribution in [0.15, 0.2) is 24.4 Å². The summed E-state index contributed by atoms with van der Waals surface area (Å²) in [5, 5.41) is 11.2. The molecule has 1 atom stereocenters. The van der Waals surface area contributed by atoms with Crippen LogP contribution in [0.1, 0.15) is 12.5 Å². The summed E-state index contributed by atoms with van der Waals surface area (Å²) in [5.74, 6) is 0. The molecular weight excluding hydrogens is 210 g/mol. The molecule has 1 heterocycles. The zero-order valence-electron chi connectivity index (χ0n) is 8.87. The number of fused-ring (bicyclic) bond motifs is 1. The van der Waals surface area contributed by atoms with E-state index >= 15 is 0 Å². The average Bonchev–Trinajstić information content (AvgIpc) is 2.41. The first kappa shape index (κ1) is 10.5. The first-order chi connectivity index (χ1) is 7.08. The topological polar surface area (TPSA) is 25.2 Å². The van der Waals surface area contributed by atoms with Gasteiger partial charge in [-0.2, -0.15) is 0 Å². The zero-order valence-corrected chi connectivity index (χ0v) is 9.62. The Balaban J connectivity index is 2.50. The third-order valence-corrected chi connectivity index (χ3v) is 2.84. The SMILES string of the molecule is CC(O)Cc1ccc2c(Cl)cn(C)c2c1. The molecule has 0 bridgehead atoms. The van der Waals surface area contributed by atoms with Crippen LogP contribution in [-0.2, 0) is 13.5 Å². The van der Waals surface area contributed by atoms with E-state index in [0.29, 0.717) is 6.42 Å². The van der Waals surface area contributed by atoms with Crippen LogP contribution in [0.4, 0.5) is 0 Å². The van der Waals surface area contributed by atoms with E-state index in [1.165, 1.54) is 0 Å². The fourth-order valence-corrected chi connectivity index (χ4v) is 2.15. The van der Waals surface area contributed by atoms with Crippen molar-refractivity contribution in [3.05, 3.63) is 35.0 Å². The molecule has 1 aromatic carbocycles. The zero-order chi connectivity index (χ0) is 11.0. The standard InChI is InChI=1S/C12H14ClNO/c1-8(15)5-9-3-4-10-11(13)7-14(2)12(10)6-9/h3-4,6-8,15H,5H2,1-2H3. The smallest absolute Gasteiger partial charge is 0.0661 e. The lowest BCUT2D eigenvalue weighted by atomic mass is 10.1. The van der Waals surface area contributed by atoms with Crippen LogP contribution in [0, 0.1) is 0 Å². The second kappa shape index (κ2) is 3.87. The van der Waals surface area contributed by atoms with Gasteiger partial charge in [0.25, 0.3) is 0 Å². The van der Waals surface area contributed by atoms with Crippen molar-refractivity contribution in [3.63, 3.8) is 0 Å². The number of aliphatic hydroxyl groups is 1. The van der Waals surface area contributed by atoms with Gasteiger partial charge in [0.2, 0.25) is 0 Å². The van der Waals surface area contributed by atoms with Crippen molar-refractivity contribution in [2.24, 2.45) is 7.05 Å². The highest BCUT2D eigenvalue weighted by Crippen LogP contribution is 2.26. The second-order valence-electron chi connectivity index (χ2n) is 3.99. The summed E-state index contributed by atoms with van der Waals surface area (Å²) in [5.41, 5.74) is 2.24. The summed E-state index contributed by atoms with van der Waals surface area (Å²) in [6, 6.07) is 6.10. The van der Waals surface area contributed by atoms with Gasteiger partial charge >= 0.3 is 0 Å². The Morgan fingerprint density at radius 2 is 2.20 bits per heavy atom. The molecule has 1 N–H and O–H groups in total. The van der Waals surface area contributed by atoms with Crippen molar-refractivity contribution in [1.29, 1.82) is 0 Å². The van der Waals surface area contributed by atoms with E-state index < -0.39 is 0 Å². The normalized spacial score (nSPS) is 13.3. The van der Waals surface area contributed by atoms with Gasteiger partial charge in [0, 0.05) is 24.1 Å². The molecule has 0 aliphatic heterocycles. The number of benzene rings is 1. The molecule has 3 heteroatoms. The maximum atomic E-state index is 9.32. The van der Waals surface area contributed by atoms with Gasteiger partial charge in [-0.1, -0.05) is 23.7 Å². The number of nitrogens with zero attached hydrogens (tertiary/aromatic N) is 1. The van der Waals surface area contributed by atoms with Gasteiger partial charge < -0.3 is 9.67 Å². The van der Waals surface area contributed by atoms with Crippen LogP contribution in [0.3, 0.4) is 0 Å². The molecular formula is C12H14ClNO. The summed E-state index contributed by atoms with van der Waals surface area (Å²) in [6.45, 7) is 1.79.